The molecule has 2 N–H and O–H groups in total. The molecular formula is C24H25ClF4N6O. The van der Waals surface area contributed by atoms with E-state index in [-0.39, 0.29) is 54.4 Å². The van der Waals surface area contributed by atoms with Crippen molar-refractivity contribution in [2.45, 2.75) is 13.1 Å². The Hall–Kier alpha value is -3.60. The van der Waals surface area contributed by atoms with Crippen molar-refractivity contribution in [1.29, 1.82) is 0 Å². The molecule has 192 valence electrons. The Morgan fingerprint density at radius 2 is 1.92 bits per heavy atom. The first kappa shape index (κ1) is 27.0. The van der Waals surface area contributed by atoms with E-state index in [0.29, 0.717) is 11.4 Å². The molecule has 12 heteroatoms. The van der Waals surface area contributed by atoms with Crippen LogP contribution in [0.15, 0.2) is 60.0 Å². The third-order valence-corrected chi connectivity index (χ3v) is 5.93. The van der Waals surface area contributed by atoms with Crippen LogP contribution in [-0.2, 0) is 11.0 Å². The summed E-state index contributed by atoms with van der Waals surface area (Å²) in [5.41, 5.74) is 6.10. The van der Waals surface area contributed by atoms with E-state index in [1.165, 1.54) is 55.4 Å². The first-order chi connectivity index (χ1) is 16.9. The van der Waals surface area contributed by atoms with Crippen LogP contribution in [0, 0.1) is 5.82 Å². The summed E-state index contributed by atoms with van der Waals surface area (Å²) in [6.07, 6.45) is -1.68. The summed E-state index contributed by atoms with van der Waals surface area (Å²) in [7, 11) is 1.51. The average molecular weight is 525 g/mol. The van der Waals surface area contributed by atoms with Gasteiger partial charge in [0.1, 0.15) is 23.3 Å². The number of anilines is 1. The summed E-state index contributed by atoms with van der Waals surface area (Å²) in [4.78, 5) is 24.8. The lowest BCUT2D eigenvalue weighted by atomic mass is 10.1. The monoisotopic (exact) mass is 524 g/mol. The number of carbonyl (C=O) groups excluding carboxylic acids is 1. The summed E-state index contributed by atoms with van der Waals surface area (Å²) in [5.74, 6) is -0.541. The Balaban J connectivity index is 1.89. The number of rotatable bonds is 5. The lowest BCUT2D eigenvalue weighted by molar-refractivity contribution is -0.137. The van der Waals surface area contributed by atoms with Crippen molar-refractivity contribution in [2.24, 2.45) is 10.7 Å². The predicted molar refractivity (Wildman–Crippen MR) is 132 cm³/mol. The maximum Gasteiger partial charge on any atom is 0.419 e. The lowest BCUT2D eigenvalue weighted by Crippen LogP contribution is -2.49. The van der Waals surface area contributed by atoms with Crippen LogP contribution < -0.4 is 10.6 Å². The van der Waals surface area contributed by atoms with Crippen molar-refractivity contribution in [3.05, 3.63) is 77.0 Å². The van der Waals surface area contributed by atoms with E-state index in [2.05, 4.69) is 16.6 Å². The molecule has 1 aromatic heterocycles. The van der Waals surface area contributed by atoms with Gasteiger partial charge in [0.05, 0.1) is 10.6 Å². The summed E-state index contributed by atoms with van der Waals surface area (Å²) < 4.78 is 54.0. The van der Waals surface area contributed by atoms with Crippen LogP contribution in [0.1, 0.15) is 18.1 Å². The Kier molecular flexibility index (Phi) is 8.24. The molecule has 1 aromatic carbocycles. The first-order valence-electron chi connectivity index (χ1n) is 10.8. The minimum absolute atomic E-state index is 0.104. The topological polar surface area (TPSA) is 78.1 Å². The number of nitrogens with zero attached hydrogens (tertiary/aromatic N) is 5. The number of hydrogen-bond donors (Lipinski definition) is 1. The van der Waals surface area contributed by atoms with Crippen LogP contribution in [0.4, 0.5) is 23.4 Å². The normalized spacial score (nSPS) is 15.2. The molecule has 0 aliphatic carbocycles. The van der Waals surface area contributed by atoms with Crippen LogP contribution in [0.2, 0.25) is 5.02 Å². The van der Waals surface area contributed by atoms with Gasteiger partial charge < -0.3 is 20.4 Å². The number of benzene rings is 1. The summed E-state index contributed by atoms with van der Waals surface area (Å²) in [6.45, 7) is 6.21. The Morgan fingerprint density at radius 3 is 2.50 bits per heavy atom. The molecule has 1 fully saturated rings. The molecule has 0 atom stereocenters. The van der Waals surface area contributed by atoms with E-state index in [0.717, 1.165) is 6.07 Å². The minimum Gasteiger partial charge on any atom is -0.398 e. The van der Waals surface area contributed by atoms with Crippen molar-refractivity contribution in [3.8, 4) is 0 Å². The summed E-state index contributed by atoms with van der Waals surface area (Å²) in [5, 5.41) is -0.104. The minimum atomic E-state index is -4.53. The fraction of sp³-hybridized carbons (Fsp3) is 0.292. The van der Waals surface area contributed by atoms with Crippen molar-refractivity contribution >= 4 is 34.9 Å². The van der Waals surface area contributed by atoms with Crippen molar-refractivity contribution < 1.29 is 22.4 Å². The fourth-order valence-electron chi connectivity index (χ4n) is 3.50. The highest BCUT2D eigenvalue weighted by Gasteiger charge is 2.36. The van der Waals surface area contributed by atoms with Gasteiger partial charge in [-0.05, 0) is 35.9 Å². The van der Waals surface area contributed by atoms with Gasteiger partial charge in [-0.25, -0.2) is 14.4 Å². The van der Waals surface area contributed by atoms with Gasteiger partial charge in [-0.3, -0.25) is 4.79 Å². The van der Waals surface area contributed by atoms with Crippen molar-refractivity contribution in [1.82, 2.24) is 14.8 Å². The van der Waals surface area contributed by atoms with Gasteiger partial charge in [-0.1, -0.05) is 18.2 Å². The molecule has 1 saturated heterocycles. The van der Waals surface area contributed by atoms with E-state index < -0.39 is 17.6 Å². The molecule has 1 aliphatic heterocycles. The van der Waals surface area contributed by atoms with E-state index in [9.17, 15) is 22.4 Å². The molecule has 0 bridgehead atoms. The second-order valence-electron chi connectivity index (χ2n) is 8.04. The molecule has 7 nitrogen and oxygen atoms in total. The Morgan fingerprint density at radius 1 is 1.25 bits per heavy atom. The number of hydrogen-bond acceptors (Lipinski definition) is 5. The van der Waals surface area contributed by atoms with E-state index in [1.807, 2.05) is 4.90 Å². The molecule has 1 amide bonds. The number of pyridine rings is 1. The summed E-state index contributed by atoms with van der Waals surface area (Å²) >= 11 is 5.87. The molecule has 0 saturated carbocycles. The highest BCUT2D eigenvalue weighted by atomic mass is 35.5. The number of amidine groups is 1. The Labute approximate surface area is 211 Å². The third-order valence-electron chi connectivity index (χ3n) is 5.64. The number of amides is 1. The number of aromatic nitrogens is 1. The summed E-state index contributed by atoms with van der Waals surface area (Å²) in [6, 6.07) is 6.26. The molecule has 2 heterocycles. The predicted octanol–water partition coefficient (Wildman–Crippen LogP) is 4.36. The fourth-order valence-corrected chi connectivity index (χ4v) is 3.68. The number of nitrogens with two attached hydrogens (primary N) is 1. The zero-order valence-electron chi connectivity index (χ0n) is 19.7. The van der Waals surface area contributed by atoms with Gasteiger partial charge in [-0.15, -0.1) is 0 Å². The second-order valence-corrected chi connectivity index (χ2v) is 8.45. The molecule has 2 aromatic rings. The number of alkyl halides is 3. The molecule has 36 heavy (non-hydrogen) atoms. The first-order valence-corrected chi connectivity index (χ1v) is 11.2. The molecule has 0 radical (unpaired) electrons. The van der Waals surface area contributed by atoms with Gasteiger partial charge in [0, 0.05) is 58.1 Å². The smallest absolute Gasteiger partial charge is 0.398 e. The number of halogens is 5. The average Bonchev–Trinajstić information content (AvgIpc) is 2.84. The van der Waals surface area contributed by atoms with Crippen LogP contribution in [0.3, 0.4) is 0 Å². The van der Waals surface area contributed by atoms with Gasteiger partial charge >= 0.3 is 6.18 Å². The number of piperazine rings is 1. The molecule has 3 rings (SSSR count). The maximum absolute atomic E-state index is 13.6. The van der Waals surface area contributed by atoms with E-state index in [4.69, 9.17) is 17.3 Å². The van der Waals surface area contributed by atoms with Gasteiger partial charge in [-0.2, -0.15) is 13.2 Å². The number of aliphatic imine (C=N–C) groups is 1. The van der Waals surface area contributed by atoms with Crippen LogP contribution in [0.25, 0.3) is 5.70 Å². The van der Waals surface area contributed by atoms with E-state index >= 15 is 0 Å². The van der Waals surface area contributed by atoms with Crippen LogP contribution >= 0.6 is 11.6 Å². The van der Waals surface area contributed by atoms with Gasteiger partial charge in [0.25, 0.3) is 0 Å². The molecule has 1 aliphatic rings. The highest BCUT2D eigenvalue weighted by molar-refractivity contribution is 6.30. The van der Waals surface area contributed by atoms with Crippen LogP contribution in [-0.4, -0.2) is 59.8 Å². The Bertz CT molecular complexity index is 1210. The second kappa shape index (κ2) is 11.0. The van der Waals surface area contributed by atoms with Crippen LogP contribution in [0.5, 0.6) is 0 Å². The molecular weight excluding hydrogens is 500 g/mol. The third kappa shape index (κ3) is 6.34. The molecule has 0 unspecified atom stereocenters. The van der Waals surface area contributed by atoms with Crippen molar-refractivity contribution in [2.75, 3.05) is 38.1 Å². The van der Waals surface area contributed by atoms with Gasteiger partial charge in [0.15, 0.2) is 0 Å². The zero-order chi connectivity index (χ0) is 26.6. The quantitative estimate of drug-likeness (QED) is 0.357. The molecule has 0 spiro atoms. The lowest BCUT2D eigenvalue weighted by Gasteiger charge is -2.37. The maximum atomic E-state index is 13.6. The highest BCUT2D eigenvalue weighted by Crippen LogP contribution is 2.35. The van der Waals surface area contributed by atoms with E-state index in [1.54, 1.807) is 4.90 Å². The van der Waals surface area contributed by atoms with Crippen molar-refractivity contribution in [3.63, 3.8) is 0 Å². The largest absolute Gasteiger partial charge is 0.419 e. The zero-order valence-corrected chi connectivity index (χ0v) is 20.4. The standard InChI is InChI=1S/C24H25ClF4N6O/c1-15(33(3)16(2)36)32-22(14-21(30)17-6-7-20(26)19(25)13-17)34-9-11-35(12-10-34)23-18(24(27,28)29)5-4-8-31-23/h4-8,13-14H,1,9-12,30H2,2-3H3/b21-14-,32-22+. The SMILES string of the molecule is C=C(/N=C(\C=C(/N)c1ccc(F)c(Cl)c1)N1CCN(c2ncccc2C(F)(F)F)CC1)N(C)C(C)=O. The van der Waals surface area contributed by atoms with Gasteiger partial charge in [0.2, 0.25) is 5.91 Å². The number of carbonyl (C=O) groups is 1.